The van der Waals surface area contributed by atoms with E-state index in [0.29, 0.717) is 0 Å². The van der Waals surface area contributed by atoms with Crippen LogP contribution in [0.1, 0.15) is 0 Å². The molecule has 10 rings (SSSR count). The summed E-state index contributed by atoms with van der Waals surface area (Å²) >= 11 is 0. The van der Waals surface area contributed by atoms with Gasteiger partial charge in [0.25, 0.3) is 0 Å². The normalized spacial score (nSPS) is 11.4. The summed E-state index contributed by atoms with van der Waals surface area (Å²) in [7, 11) is 0. The van der Waals surface area contributed by atoms with E-state index in [1.54, 1.807) is 0 Å². The zero-order valence-electron chi connectivity index (χ0n) is 29.2. The van der Waals surface area contributed by atoms with E-state index in [2.05, 4.69) is 217 Å². The monoisotopic (exact) mass is 673 g/mol. The van der Waals surface area contributed by atoms with Crippen molar-refractivity contribution < 1.29 is 0 Å². The average molecular weight is 674 g/mol. The fraction of sp³-hybridized carbons (Fsp3) is 0. The molecule has 1 nitrogen and oxygen atoms in total. The molecule has 0 fully saturated rings. The van der Waals surface area contributed by atoms with E-state index in [4.69, 9.17) is 0 Å². The molecular weight excluding hydrogens is 639 g/mol. The van der Waals surface area contributed by atoms with E-state index in [1.165, 1.54) is 76.5 Å². The van der Waals surface area contributed by atoms with Crippen molar-refractivity contribution in [1.29, 1.82) is 0 Å². The van der Waals surface area contributed by atoms with Crippen molar-refractivity contribution in [3.8, 4) is 33.4 Å². The number of hydrogen-bond donors (Lipinski definition) is 0. The minimum atomic E-state index is 1.10. The standard InChI is InChI=1S/C52H35N/c1-2-15-37(16-3-1)45-24-10-11-30-52(45)53(42-31-32-50-48-27-7-6-25-46(48)47-26-8-9-28-49(47)51(50)35-42)41-22-13-20-39(34-41)38-19-12-21-40(33-38)44-29-14-18-36-17-4-5-23-43(36)44/h1-35H. The third-order valence-electron chi connectivity index (χ3n) is 10.6. The van der Waals surface area contributed by atoms with Crippen molar-refractivity contribution in [3.63, 3.8) is 0 Å². The number of rotatable bonds is 6. The second-order valence-corrected chi connectivity index (χ2v) is 13.7. The van der Waals surface area contributed by atoms with Crippen LogP contribution >= 0.6 is 0 Å². The topological polar surface area (TPSA) is 3.24 Å². The van der Waals surface area contributed by atoms with Crippen LogP contribution in [0.5, 0.6) is 0 Å². The van der Waals surface area contributed by atoms with Gasteiger partial charge in [-0.25, -0.2) is 0 Å². The van der Waals surface area contributed by atoms with Crippen molar-refractivity contribution in [1.82, 2.24) is 0 Å². The maximum Gasteiger partial charge on any atom is 0.0540 e. The third-order valence-corrected chi connectivity index (χ3v) is 10.6. The zero-order chi connectivity index (χ0) is 35.1. The number of anilines is 3. The average Bonchev–Trinajstić information content (AvgIpc) is 3.24. The zero-order valence-corrected chi connectivity index (χ0v) is 29.2. The molecule has 0 unspecified atom stereocenters. The van der Waals surface area contributed by atoms with Crippen LogP contribution in [0, 0.1) is 0 Å². The summed E-state index contributed by atoms with van der Waals surface area (Å²) in [6.45, 7) is 0. The van der Waals surface area contributed by atoms with E-state index >= 15 is 0 Å². The lowest BCUT2D eigenvalue weighted by Crippen LogP contribution is -2.11. The van der Waals surface area contributed by atoms with E-state index in [0.717, 1.165) is 17.1 Å². The third kappa shape index (κ3) is 5.42. The largest absolute Gasteiger partial charge is 0.310 e. The molecule has 0 aliphatic rings. The molecule has 0 aromatic heterocycles. The Hall–Kier alpha value is -6.96. The van der Waals surface area contributed by atoms with Crippen LogP contribution in [-0.4, -0.2) is 0 Å². The first-order valence-electron chi connectivity index (χ1n) is 18.3. The predicted octanol–water partition coefficient (Wildman–Crippen LogP) is 14.8. The van der Waals surface area contributed by atoms with Gasteiger partial charge in [-0.3, -0.25) is 0 Å². The van der Waals surface area contributed by atoms with Crippen LogP contribution in [0.2, 0.25) is 0 Å². The Balaban J connectivity index is 1.18. The van der Waals surface area contributed by atoms with Crippen molar-refractivity contribution in [2.45, 2.75) is 0 Å². The highest BCUT2D eigenvalue weighted by molar-refractivity contribution is 6.25. The molecule has 53 heavy (non-hydrogen) atoms. The molecule has 0 spiro atoms. The van der Waals surface area contributed by atoms with E-state index < -0.39 is 0 Å². The van der Waals surface area contributed by atoms with Crippen LogP contribution in [0.15, 0.2) is 212 Å². The summed E-state index contributed by atoms with van der Waals surface area (Å²) in [4.78, 5) is 2.43. The Bertz CT molecular complexity index is 2920. The first-order valence-corrected chi connectivity index (χ1v) is 18.3. The number of para-hydroxylation sites is 1. The van der Waals surface area contributed by atoms with Gasteiger partial charge in [-0.2, -0.15) is 0 Å². The summed E-state index contributed by atoms with van der Waals surface area (Å²) < 4.78 is 0. The highest BCUT2D eigenvalue weighted by Crippen LogP contribution is 2.44. The quantitative estimate of drug-likeness (QED) is 0.159. The fourth-order valence-corrected chi connectivity index (χ4v) is 8.16. The molecule has 10 aromatic rings. The molecule has 0 saturated carbocycles. The van der Waals surface area contributed by atoms with Gasteiger partial charge in [0.2, 0.25) is 0 Å². The molecule has 0 bridgehead atoms. The molecule has 0 aliphatic heterocycles. The van der Waals surface area contributed by atoms with Crippen molar-refractivity contribution in [2.75, 3.05) is 4.90 Å². The molecule has 0 saturated heterocycles. The number of nitrogens with zero attached hydrogens (tertiary/aromatic N) is 1. The van der Waals surface area contributed by atoms with Crippen molar-refractivity contribution in [2.24, 2.45) is 0 Å². The Morgan fingerprint density at radius 3 is 1.51 bits per heavy atom. The lowest BCUT2D eigenvalue weighted by Gasteiger charge is -2.29. The Morgan fingerprint density at radius 2 is 0.736 bits per heavy atom. The fourth-order valence-electron chi connectivity index (χ4n) is 8.16. The van der Waals surface area contributed by atoms with Gasteiger partial charge in [-0.15, -0.1) is 0 Å². The first-order chi connectivity index (χ1) is 26.3. The minimum absolute atomic E-state index is 1.10. The Morgan fingerprint density at radius 1 is 0.245 bits per heavy atom. The summed E-state index contributed by atoms with van der Waals surface area (Å²) in [5, 5.41) is 10.1. The maximum absolute atomic E-state index is 2.43. The summed E-state index contributed by atoms with van der Waals surface area (Å²) in [5.74, 6) is 0. The van der Waals surface area contributed by atoms with Crippen LogP contribution in [0.25, 0.3) is 76.5 Å². The lowest BCUT2D eigenvalue weighted by atomic mass is 9.93. The van der Waals surface area contributed by atoms with Gasteiger partial charge in [0.05, 0.1) is 5.69 Å². The number of benzene rings is 10. The summed E-state index contributed by atoms with van der Waals surface area (Å²) in [6.07, 6.45) is 0. The van der Waals surface area contributed by atoms with Crippen molar-refractivity contribution in [3.05, 3.63) is 212 Å². The maximum atomic E-state index is 2.43. The lowest BCUT2D eigenvalue weighted by molar-refractivity contribution is 1.29. The van der Waals surface area contributed by atoms with Crippen LogP contribution < -0.4 is 4.90 Å². The molecule has 1 heteroatoms. The van der Waals surface area contributed by atoms with Gasteiger partial charge in [0.1, 0.15) is 0 Å². The molecule has 0 aliphatic carbocycles. The predicted molar refractivity (Wildman–Crippen MR) is 227 cm³/mol. The highest BCUT2D eigenvalue weighted by Gasteiger charge is 2.19. The molecule has 10 aromatic carbocycles. The minimum Gasteiger partial charge on any atom is -0.310 e. The second-order valence-electron chi connectivity index (χ2n) is 13.7. The van der Waals surface area contributed by atoms with Gasteiger partial charge >= 0.3 is 0 Å². The van der Waals surface area contributed by atoms with E-state index in [9.17, 15) is 0 Å². The van der Waals surface area contributed by atoms with Gasteiger partial charge in [-0.1, -0.05) is 176 Å². The van der Waals surface area contributed by atoms with Crippen LogP contribution in [0.4, 0.5) is 17.1 Å². The van der Waals surface area contributed by atoms with Crippen molar-refractivity contribution >= 4 is 60.2 Å². The molecular formula is C52H35N. The van der Waals surface area contributed by atoms with Gasteiger partial charge in [0, 0.05) is 16.9 Å². The first kappa shape index (κ1) is 30.8. The van der Waals surface area contributed by atoms with Crippen LogP contribution in [-0.2, 0) is 0 Å². The molecule has 0 atom stereocenters. The molecule has 248 valence electrons. The van der Waals surface area contributed by atoms with Crippen LogP contribution in [0.3, 0.4) is 0 Å². The molecule has 0 radical (unpaired) electrons. The second kappa shape index (κ2) is 13.0. The number of hydrogen-bond acceptors (Lipinski definition) is 1. The SMILES string of the molecule is c1ccc(-c2ccccc2N(c2cccc(-c3cccc(-c4cccc5ccccc45)c3)c2)c2ccc3c4ccccc4c4ccccc4c3c2)cc1. The molecule has 0 N–H and O–H groups in total. The number of fused-ring (bicyclic) bond motifs is 7. The molecule has 0 heterocycles. The smallest absolute Gasteiger partial charge is 0.0540 e. The van der Waals surface area contributed by atoms with Gasteiger partial charge in [-0.05, 0) is 107 Å². The molecule has 0 amide bonds. The van der Waals surface area contributed by atoms with E-state index in [-0.39, 0.29) is 0 Å². The highest BCUT2D eigenvalue weighted by atomic mass is 15.1. The van der Waals surface area contributed by atoms with Gasteiger partial charge < -0.3 is 4.90 Å². The summed E-state index contributed by atoms with van der Waals surface area (Å²) in [6, 6.07) is 77.3. The Kier molecular flexibility index (Phi) is 7.55. The van der Waals surface area contributed by atoms with Gasteiger partial charge in [0.15, 0.2) is 0 Å². The summed E-state index contributed by atoms with van der Waals surface area (Å²) in [5.41, 5.74) is 10.5. The Labute approximate surface area is 309 Å². The van der Waals surface area contributed by atoms with E-state index in [1.807, 2.05) is 0 Å².